The smallest absolute Gasteiger partial charge is 0.191 e. The number of rotatable bonds is 0. The van der Waals surface area contributed by atoms with Gasteiger partial charge in [-0.05, 0) is 11.6 Å². The Bertz CT molecular complexity index is 597. The summed E-state index contributed by atoms with van der Waals surface area (Å²) in [6.45, 7) is 6.96. The third kappa shape index (κ3) is 0.867. The monoisotopic (exact) mass is 222 g/mol. The highest BCUT2D eigenvalue weighted by Gasteiger charge is 2.48. The van der Waals surface area contributed by atoms with E-state index in [0.717, 1.165) is 0 Å². The summed E-state index contributed by atoms with van der Waals surface area (Å²) >= 11 is 0. The lowest BCUT2D eigenvalue weighted by Crippen LogP contribution is -2.37. The second kappa shape index (κ2) is 2.61. The van der Waals surface area contributed by atoms with E-state index in [1.165, 1.54) is 27.9 Å². The van der Waals surface area contributed by atoms with E-state index in [1.807, 2.05) is 0 Å². The first kappa shape index (κ1) is 9.41. The van der Waals surface area contributed by atoms with E-state index in [9.17, 15) is 0 Å². The molecule has 17 heavy (non-hydrogen) atoms. The molecule has 0 amide bonds. The van der Waals surface area contributed by atoms with Crippen LogP contribution in [0.2, 0.25) is 0 Å². The zero-order valence-corrected chi connectivity index (χ0v) is 10.5. The average Bonchev–Trinajstić information content (AvgIpc) is 2.75. The summed E-state index contributed by atoms with van der Waals surface area (Å²) in [6, 6.07) is 11.7. The molecule has 1 aromatic heterocycles. The van der Waals surface area contributed by atoms with Crippen LogP contribution in [0.3, 0.4) is 0 Å². The number of nitrogens with zero attached hydrogens (tertiary/aromatic N) is 1. The lowest BCUT2D eigenvalue weighted by Gasteiger charge is -2.21. The third-order valence-corrected chi connectivity index (χ3v) is 4.57. The summed E-state index contributed by atoms with van der Waals surface area (Å²) in [7, 11) is 0. The second-order valence-corrected chi connectivity index (χ2v) is 5.75. The highest BCUT2D eigenvalue weighted by molar-refractivity contribution is 5.80. The van der Waals surface area contributed by atoms with Crippen molar-refractivity contribution in [3.05, 3.63) is 53.2 Å². The molecule has 4 rings (SSSR count). The van der Waals surface area contributed by atoms with Gasteiger partial charge in [-0.3, -0.25) is 0 Å². The summed E-state index contributed by atoms with van der Waals surface area (Å²) < 4.78 is 2.43. The van der Waals surface area contributed by atoms with Crippen molar-refractivity contribution in [2.24, 2.45) is 0 Å². The molecule has 0 fully saturated rings. The minimum absolute atomic E-state index is 0.157. The molecule has 1 atom stereocenters. The zero-order chi connectivity index (χ0) is 11.8. The van der Waals surface area contributed by atoms with Gasteiger partial charge in [-0.25, -0.2) is 0 Å². The first-order valence-electron chi connectivity index (χ1n) is 6.31. The second-order valence-electron chi connectivity index (χ2n) is 5.75. The Labute approximate surface area is 102 Å². The van der Waals surface area contributed by atoms with E-state index in [-0.39, 0.29) is 5.41 Å². The van der Waals surface area contributed by atoms with Gasteiger partial charge in [-0.1, -0.05) is 32.0 Å². The Kier molecular flexibility index (Phi) is 1.44. The molecule has 1 unspecified atom stereocenters. The summed E-state index contributed by atoms with van der Waals surface area (Å²) in [5.41, 5.74) is 7.57. The number of hydrogen-bond acceptors (Lipinski definition) is 0. The summed E-state index contributed by atoms with van der Waals surface area (Å²) in [5.74, 6) is 0. The van der Waals surface area contributed by atoms with Gasteiger partial charge in [-0.15, -0.1) is 0 Å². The molecule has 2 aromatic rings. The van der Waals surface area contributed by atoms with Gasteiger partial charge in [-0.2, -0.15) is 4.57 Å². The Hall–Kier alpha value is -1.63. The largest absolute Gasteiger partial charge is 0.217 e. The fourth-order valence-electron chi connectivity index (χ4n) is 3.61. The van der Waals surface area contributed by atoms with Crippen LogP contribution in [0.25, 0.3) is 11.3 Å². The Morgan fingerprint density at radius 1 is 1.06 bits per heavy atom. The molecular formula is C16H16N+. The van der Waals surface area contributed by atoms with Crippen LogP contribution in [-0.2, 0) is 5.41 Å². The van der Waals surface area contributed by atoms with Crippen molar-refractivity contribution in [1.82, 2.24) is 0 Å². The fourth-order valence-corrected chi connectivity index (χ4v) is 3.61. The summed E-state index contributed by atoms with van der Waals surface area (Å²) in [6.07, 6.45) is 2.22. The number of benzene rings is 1. The van der Waals surface area contributed by atoms with E-state index in [4.69, 9.17) is 0 Å². The Morgan fingerprint density at radius 2 is 1.82 bits per heavy atom. The van der Waals surface area contributed by atoms with Gasteiger partial charge in [0.1, 0.15) is 0 Å². The predicted octanol–water partition coefficient (Wildman–Crippen LogP) is 3.20. The number of hydrogen-bond donors (Lipinski definition) is 0. The standard InChI is InChI=1S/C16H16N/c1-10-11-6-4-7-12-14(11)15-13(16(12,2)3)8-5-9-17(10)15/h4-10H,1-3H3/q+1. The molecule has 0 N–H and O–H groups in total. The van der Waals surface area contributed by atoms with Gasteiger partial charge in [0, 0.05) is 29.5 Å². The van der Waals surface area contributed by atoms with Crippen molar-refractivity contribution < 1.29 is 4.57 Å². The lowest BCUT2D eigenvalue weighted by molar-refractivity contribution is -0.694. The Balaban J connectivity index is 2.25. The predicted molar refractivity (Wildman–Crippen MR) is 68.0 cm³/mol. The normalized spacial score (nSPS) is 21.7. The first-order chi connectivity index (χ1) is 8.12. The molecule has 84 valence electrons. The van der Waals surface area contributed by atoms with Gasteiger partial charge in [0.05, 0.1) is 5.56 Å². The van der Waals surface area contributed by atoms with Crippen LogP contribution in [0, 0.1) is 0 Å². The maximum Gasteiger partial charge on any atom is 0.217 e. The maximum atomic E-state index is 2.43. The van der Waals surface area contributed by atoms with Crippen molar-refractivity contribution in [2.45, 2.75) is 32.2 Å². The van der Waals surface area contributed by atoms with Gasteiger partial charge < -0.3 is 0 Å². The van der Waals surface area contributed by atoms with Crippen LogP contribution in [0.1, 0.15) is 43.5 Å². The molecule has 1 heteroatoms. The molecular weight excluding hydrogens is 206 g/mol. The van der Waals surface area contributed by atoms with Crippen molar-refractivity contribution in [2.75, 3.05) is 0 Å². The molecule has 1 nitrogen and oxygen atoms in total. The molecule has 2 heterocycles. The minimum Gasteiger partial charge on any atom is -0.191 e. The SMILES string of the molecule is CC1c2cccc3c2-c2c(ccc[n+]21)C3(C)C. The molecule has 1 aromatic carbocycles. The van der Waals surface area contributed by atoms with Crippen LogP contribution in [0.4, 0.5) is 0 Å². The van der Waals surface area contributed by atoms with E-state index in [0.29, 0.717) is 6.04 Å². The topological polar surface area (TPSA) is 3.88 Å². The summed E-state index contributed by atoms with van der Waals surface area (Å²) in [4.78, 5) is 0. The van der Waals surface area contributed by atoms with E-state index in [2.05, 4.69) is 61.9 Å². The van der Waals surface area contributed by atoms with Crippen molar-refractivity contribution >= 4 is 0 Å². The maximum absolute atomic E-state index is 2.43. The van der Waals surface area contributed by atoms with Crippen LogP contribution in [0.15, 0.2) is 36.5 Å². The third-order valence-electron chi connectivity index (χ3n) is 4.57. The molecule has 1 aliphatic carbocycles. The van der Waals surface area contributed by atoms with Crippen LogP contribution in [-0.4, -0.2) is 0 Å². The average molecular weight is 222 g/mol. The van der Waals surface area contributed by atoms with Crippen molar-refractivity contribution in [1.29, 1.82) is 0 Å². The van der Waals surface area contributed by atoms with E-state index in [1.54, 1.807) is 0 Å². The van der Waals surface area contributed by atoms with Gasteiger partial charge >= 0.3 is 0 Å². The van der Waals surface area contributed by atoms with Crippen LogP contribution in [0.5, 0.6) is 0 Å². The number of pyridine rings is 1. The molecule has 0 saturated carbocycles. The molecule has 0 saturated heterocycles. The van der Waals surface area contributed by atoms with Crippen molar-refractivity contribution in [3.8, 4) is 11.3 Å². The first-order valence-corrected chi connectivity index (χ1v) is 6.31. The van der Waals surface area contributed by atoms with Crippen LogP contribution < -0.4 is 4.57 Å². The quantitative estimate of drug-likeness (QED) is 0.603. The van der Waals surface area contributed by atoms with E-state index >= 15 is 0 Å². The molecule has 0 radical (unpaired) electrons. The van der Waals surface area contributed by atoms with Gasteiger partial charge in [0.15, 0.2) is 12.2 Å². The lowest BCUT2D eigenvalue weighted by atomic mass is 9.82. The van der Waals surface area contributed by atoms with Gasteiger partial charge in [0.2, 0.25) is 5.69 Å². The van der Waals surface area contributed by atoms with Crippen molar-refractivity contribution in [3.63, 3.8) is 0 Å². The highest BCUT2D eigenvalue weighted by Crippen LogP contribution is 2.52. The van der Waals surface area contributed by atoms with E-state index < -0.39 is 0 Å². The zero-order valence-electron chi connectivity index (χ0n) is 10.5. The van der Waals surface area contributed by atoms with Gasteiger partial charge in [0.25, 0.3) is 0 Å². The molecule has 2 aliphatic rings. The van der Waals surface area contributed by atoms with Crippen LogP contribution >= 0.6 is 0 Å². The summed E-state index contributed by atoms with van der Waals surface area (Å²) in [5, 5.41) is 0. The Morgan fingerprint density at radius 3 is 2.65 bits per heavy atom. The molecule has 1 aliphatic heterocycles. The molecule has 0 spiro atoms. The fraction of sp³-hybridized carbons (Fsp3) is 0.312. The number of aromatic nitrogens is 1. The highest BCUT2D eigenvalue weighted by atomic mass is 15.0. The molecule has 0 bridgehead atoms. The minimum atomic E-state index is 0.157.